The number of carbonyl (C=O) groups is 2. The maximum Gasteiger partial charge on any atom is 0.338 e. The average Bonchev–Trinajstić information content (AvgIpc) is 3.00. The Kier molecular flexibility index (Phi) is 7.68. The van der Waals surface area contributed by atoms with Gasteiger partial charge in [-0.05, 0) is 37.3 Å². The molecule has 0 aliphatic heterocycles. The number of fused-ring (bicyclic) bond motifs is 1. The smallest absolute Gasteiger partial charge is 0.338 e. The summed E-state index contributed by atoms with van der Waals surface area (Å²) in [5.74, 6) is -0.176. The number of nitrogens with one attached hydrogen (secondary N) is 1. The third kappa shape index (κ3) is 5.61. The molecule has 1 atom stereocenters. The molecule has 4 aromatic carbocycles. The van der Waals surface area contributed by atoms with E-state index in [-0.39, 0.29) is 5.56 Å². The summed E-state index contributed by atoms with van der Waals surface area (Å²) in [6.07, 6.45) is -1.08. The van der Waals surface area contributed by atoms with Crippen molar-refractivity contribution in [2.24, 2.45) is 0 Å². The van der Waals surface area contributed by atoms with Crippen LogP contribution in [0, 0.1) is 0 Å². The summed E-state index contributed by atoms with van der Waals surface area (Å²) in [5.41, 5.74) is 5.11. The van der Waals surface area contributed by atoms with Gasteiger partial charge in [-0.3, -0.25) is 4.79 Å². The number of rotatable bonds is 8. The standard InChI is InChI=1S/C32H27N3O5/c1-20(31(36)35-27-19-24(38-2)15-17-28(27)39-3)40-32(37)23-14-16-25-26(18-23)34-30(22-12-8-5-9-13-22)29(33-25)21-10-6-4-7-11-21/h4-20H,1-3H3,(H,35,36). The third-order valence-electron chi connectivity index (χ3n) is 6.31. The van der Waals surface area contributed by atoms with Crippen LogP contribution >= 0.6 is 0 Å². The number of ether oxygens (including phenoxy) is 3. The zero-order chi connectivity index (χ0) is 28.1. The molecular weight excluding hydrogens is 506 g/mol. The monoisotopic (exact) mass is 533 g/mol. The number of methoxy groups -OCH3 is 2. The first-order valence-electron chi connectivity index (χ1n) is 12.6. The van der Waals surface area contributed by atoms with Crippen LogP contribution in [0.1, 0.15) is 17.3 Å². The van der Waals surface area contributed by atoms with Gasteiger partial charge in [-0.15, -0.1) is 0 Å². The SMILES string of the molecule is COc1ccc(OC)c(NC(=O)C(C)OC(=O)c2ccc3nc(-c4ccccc4)c(-c4ccccc4)nc3c2)c1. The number of aromatic nitrogens is 2. The second-order valence-corrected chi connectivity index (χ2v) is 8.96. The summed E-state index contributed by atoms with van der Waals surface area (Å²) in [5, 5.41) is 2.73. The number of carbonyl (C=O) groups excluding carboxylic acids is 2. The lowest BCUT2D eigenvalue weighted by Gasteiger charge is -2.16. The van der Waals surface area contributed by atoms with Crippen LogP contribution in [-0.4, -0.2) is 42.2 Å². The molecule has 0 fully saturated rings. The summed E-state index contributed by atoms with van der Waals surface area (Å²) in [6.45, 7) is 1.50. The molecule has 40 heavy (non-hydrogen) atoms. The molecular formula is C32H27N3O5. The van der Waals surface area contributed by atoms with Crippen molar-refractivity contribution in [2.75, 3.05) is 19.5 Å². The van der Waals surface area contributed by atoms with Crippen LogP contribution in [-0.2, 0) is 9.53 Å². The van der Waals surface area contributed by atoms with Gasteiger partial charge in [0.15, 0.2) is 6.10 Å². The van der Waals surface area contributed by atoms with Gasteiger partial charge in [0.2, 0.25) is 0 Å². The van der Waals surface area contributed by atoms with E-state index < -0.39 is 18.0 Å². The van der Waals surface area contributed by atoms with Gasteiger partial charge in [0.25, 0.3) is 5.91 Å². The molecule has 5 aromatic rings. The van der Waals surface area contributed by atoms with Gasteiger partial charge < -0.3 is 19.5 Å². The average molecular weight is 534 g/mol. The van der Waals surface area contributed by atoms with Crippen molar-refractivity contribution in [3.05, 3.63) is 103 Å². The van der Waals surface area contributed by atoms with E-state index in [1.807, 2.05) is 60.7 Å². The summed E-state index contributed by atoms with van der Waals surface area (Å²) in [7, 11) is 3.02. The summed E-state index contributed by atoms with van der Waals surface area (Å²) in [4.78, 5) is 35.6. The molecule has 0 radical (unpaired) electrons. The van der Waals surface area contributed by atoms with Crippen LogP contribution in [0.3, 0.4) is 0 Å². The first kappa shape index (κ1) is 26.4. The summed E-state index contributed by atoms with van der Waals surface area (Å²) < 4.78 is 16.0. The van der Waals surface area contributed by atoms with E-state index in [2.05, 4.69) is 5.32 Å². The molecule has 0 spiro atoms. The fourth-order valence-electron chi connectivity index (χ4n) is 4.20. The van der Waals surface area contributed by atoms with E-state index in [0.717, 1.165) is 16.8 Å². The number of amides is 1. The van der Waals surface area contributed by atoms with Crippen LogP contribution in [0.15, 0.2) is 97.1 Å². The van der Waals surface area contributed by atoms with E-state index in [9.17, 15) is 9.59 Å². The fourth-order valence-corrected chi connectivity index (χ4v) is 4.20. The van der Waals surface area contributed by atoms with Crippen molar-refractivity contribution in [3.8, 4) is 34.0 Å². The second-order valence-electron chi connectivity index (χ2n) is 8.96. The molecule has 8 nitrogen and oxygen atoms in total. The third-order valence-corrected chi connectivity index (χ3v) is 6.31. The minimum Gasteiger partial charge on any atom is -0.497 e. The minimum absolute atomic E-state index is 0.256. The molecule has 8 heteroatoms. The molecule has 0 bridgehead atoms. The number of anilines is 1. The van der Waals surface area contributed by atoms with Crippen molar-refractivity contribution in [2.45, 2.75) is 13.0 Å². The Morgan fingerprint density at radius 3 is 1.95 bits per heavy atom. The van der Waals surface area contributed by atoms with E-state index in [1.54, 1.807) is 36.4 Å². The Morgan fingerprint density at radius 2 is 1.35 bits per heavy atom. The van der Waals surface area contributed by atoms with Gasteiger partial charge in [0.1, 0.15) is 11.5 Å². The summed E-state index contributed by atoms with van der Waals surface area (Å²) >= 11 is 0. The molecule has 200 valence electrons. The maximum absolute atomic E-state index is 13.0. The highest BCUT2D eigenvalue weighted by Gasteiger charge is 2.22. The zero-order valence-electron chi connectivity index (χ0n) is 22.3. The Morgan fingerprint density at radius 1 is 0.725 bits per heavy atom. The zero-order valence-corrected chi connectivity index (χ0v) is 22.3. The Labute approximate surface area is 231 Å². The second kappa shape index (κ2) is 11.7. The van der Waals surface area contributed by atoms with Gasteiger partial charge in [-0.2, -0.15) is 0 Å². The molecule has 0 aliphatic carbocycles. The normalized spacial score (nSPS) is 11.5. The lowest BCUT2D eigenvalue weighted by atomic mass is 10.0. The van der Waals surface area contributed by atoms with Gasteiger partial charge >= 0.3 is 5.97 Å². The van der Waals surface area contributed by atoms with Crippen molar-refractivity contribution in [1.82, 2.24) is 9.97 Å². The number of benzene rings is 4. The number of esters is 1. The molecule has 0 aliphatic rings. The van der Waals surface area contributed by atoms with Gasteiger partial charge in [-0.1, -0.05) is 60.7 Å². The molecule has 1 N–H and O–H groups in total. The van der Waals surface area contributed by atoms with Crippen molar-refractivity contribution >= 4 is 28.6 Å². The summed E-state index contributed by atoms with van der Waals surface area (Å²) in [6, 6.07) is 29.6. The lowest BCUT2D eigenvalue weighted by molar-refractivity contribution is -0.123. The highest BCUT2D eigenvalue weighted by molar-refractivity contribution is 5.99. The van der Waals surface area contributed by atoms with Crippen LogP contribution in [0.25, 0.3) is 33.5 Å². The Bertz CT molecular complexity index is 1670. The van der Waals surface area contributed by atoms with Crippen LogP contribution in [0.5, 0.6) is 11.5 Å². The van der Waals surface area contributed by atoms with E-state index in [4.69, 9.17) is 24.2 Å². The molecule has 0 saturated heterocycles. The first-order chi connectivity index (χ1) is 19.5. The molecule has 0 saturated carbocycles. The van der Waals surface area contributed by atoms with E-state index in [1.165, 1.54) is 21.1 Å². The minimum atomic E-state index is -1.08. The highest BCUT2D eigenvalue weighted by atomic mass is 16.5. The predicted molar refractivity (Wildman–Crippen MR) is 153 cm³/mol. The van der Waals surface area contributed by atoms with Gasteiger partial charge in [-0.25, -0.2) is 14.8 Å². The van der Waals surface area contributed by atoms with Crippen molar-refractivity contribution in [3.63, 3.8) is 0 Å². The van der Waals surface area contributed by atoms with Crippen LogP contribution in [0.4, 0.5) is 5.69 Å². The number of nitrogens with zero attached hydrogens (tertiary/aromatic N) is 2. The first-order valence-corrected chi connectivity index (χ1v) is 12.6. The van der Waals surface area contributed by atoms with Crippen LogP contribution < -0.4 is 14.8 Å². The molecule has 1 heterocycles. The van der Waals surface area contributed by atoms with Gasteiger partial charge in [0, 0.05) is 17.2 Å². The fraction of sp³-hybridized carbons (Fsp3) is 0.125. The lowest BCUT2D eigenvalue weighted by Crippen LogP contribution is -2.30. The van der Waals surface area contributed by atoms with E-state index in [0.29, 0.717) is 33.9 Å². The topological polar surface area (TPSA) is 99.6 Å². The van der Waals surface area contributed by atoms with Gasteiger partial charge in [0.05, 0.1) is 47.9 Å². The van der Waals surface area contributed by atoms with Crippen LogP contribution in [0.2, 0.25) is 0 Å². The number of hydrogen-bond donors (Lipinski definition) is 1. The molecule has 1 aromatic heterocycles. The quantitative estimate of drug-likeness (QED) is 0.238. The Balaban J connectivity index is 1.41. The molecule has 1 amide bonds. The Hall–Kier alpha value is -5.24. The molecule has 1 unspecified atom stereocenters. The molecule has 5 rings (SSSR count). The predicted octanol–water partition coefficient (Wildman–Crippen LogP) is 6.17. The highest BCUT2D eigenvalue weighted by Crippen LogP contribution is 2.32. The number of hydrogen-bond acceptors (Lipinski definition) is 7. The van der Waals surface area contributed by atoms with Crippen molar-refractivity contribution in [1.29, 1.82) is 0 Å². The maximum atomic E-state index is 13.0. The van der Waals surface area contributed by atoms with Crippen molar-refractivity contribution < 1.29 is 23.8 Å². The largest absolute Gasteiger partial charge is 0.497 e. The van der Waals surface area contributed by atoms with E-state index >= 15 is 0 Å².